The fraction of sp³-hybridized carbons (Fsp3) is 0.450. The van der Waals surface area contributed by atoms with Crippen LogP contribution in [0.3, 0.4) is 0 Å². The molecule has 2 N–H and O–H groups in total. The highest BCUT2D eigenvalue weighted by Crippen LogP contribution is 2.24. The first-order valence-electron chi connectivity index (χ1n) is 10.1. The third kappa shape index (κ3) is 5.15. The van der Waals surface area contributed by atoms with E-state index in [1.165, 1.54) is 10.5 Å². The molecule has 2 fully saturated rings. The van der Waals surface area contributed by atoms with Crippen molar-refractivity contribution in [3.8, 4) is 6.07 Å². The predicted molar refractivity (Wildman–Crippen MR) is 119 cm³/mol. The molecular formula is C20H23BrN6O3S. The lowest BCUT2D eigenvalue weighted by Crippen LogP contribution is -2.42. The Kier molecular flexibility index (Phi) is 6.71. The largest absolute Gasteiger partial charge is 0.379 e. The number of ether oxygens (including phenoxy) is 1. The molecule has 1 aromatic heterocycles. The molecule has 0 bridgehead atoms. The summed E-state index contributed by atoms with van der Waals surface area (Å²) in [5.41, 5.74) is 0.382. The first kappa shape index (κ1) is 22.0. The van der Waals surface area contributed by atoms with E-state index in [9.17, 15) is 13.7 Å². The van der Waals surface area contributed by atoms with Gasteiger partial charge in [0, 0.05) is 30.2 Å². The highest BCUT2D eigenvalue weighted by molar-refractivity contribution is 9.10. The summed E-state index contributed by atoms with van der Waals surface area (Å²) < 4.78 is 33.4. The second kappa shape index (κ2) is 9.48. The van der Waals surface area contributed by atoms with Gasteiger partial charge < -0.3 is 15.4 Å². The summed E-state index contributed by atoms with van der Waals surface area (Å²) in [4.78, 5) is 9.02. The van der Waals surface area contributed by atoms with E-state index in [0.717, 1.165) is 10.9 Å². The average molecular weight is 507 g/mol. The van der Waals surface area contributed by atoms with E-state index in [1.54, 1.807) is 24.3 Å². The number of halogens is 1. The van der Waals surface area contributed by atoms with Crippen molar-refractivity contribution >= 4 is 37.7 Å². The van der Waals surface area contributed by atoms with Crippen LogP contribution in [0, 0.1) is 11.3 Å². The first-order chi connectivity index (χ1) is 15.0. The minimum Gasteiger partial charge on any atom is -0.379 e. The zero-order chi connectivity index (χ0) is 21.8. The Morgan fingerprint density at radius 3 is 2.52 bits per heavy atom. The van der Waals surface area contributed by atoms with Crippen molar-refractivity contribution in [2.45, 2.75) is 36.2 Å². The minimum atomic E-state index is -3.51. The molecule has 31 heavy (non-hydrogen) atoms. The quantitative estimate of drug-likeness (QED) is 0.613. The Hall–Kier alpha value is -2.26. The summed E-state index contributed by atoms with van der Waals surface area (Å²) in [6.07, 6.45) is 3.64. The van der Waals surface area contributed by atoms with E-state index in [4.69, 9.17) is 4.74 Å². The van der Waals surface area contributed by atoms with E-state index in [1.807, 2.05) is 0 Å². The molecule has 2 aliphatic heterocycles. The summed E-state index contributed by atoms with van der Waals surface area (Å²) in [5, 5.41) is 15.9. The van der Waals surface area contributed by atoms with Crippen LogP contribution in [0.5, 0.6) is 0 Å². The Morgan fingerprint density at radius 1 is 1.13 bits per heavy atom. The van der Waals surface area contributed by atoms with Gasteiger partial charge in [-0.2, -0.15) is 14.6 Å². The fourth-order valence-corrected chi connectivity index (χ4v) is 5.40. The Labute approximate surface area is 190 Å². The van der Waals surface area contributed by atoms with Crippen LogP contribution in [0.4, 0.5) is 11.8 Å². The minimum absolute atomic E-state index is 0.0481. The molecule has 4 rings (SSSR count). The van der Waals surface area contributed by atoms with Crippen LogP contribution >= 0.6 is 15.9 Å². The van der Waals surface area contributed by atoms with Gasteiger partial charge in [-0.15, -0.1) is 0 Å². The van der Waals surface area contributed by atoms with Crippen LogP contribution in [0.15, 0.2) is 39.8 Å². The van der Waals surface area contributed by atoms with Crippen molar-refractivity contribution < 1.29 is 13.2 Å². The molecule has 0 amide bonds. The predicted octanol–water partition coefficient (Wildman–Crippen LogP) is 2.58. The SMILES string of the molecule is N#Cc1cnc(NC2CCN(S(=O)(=O)c3ccc(Br)cc3)CC2)nc1NC1CCOC1. The number of nitriles is 1. The molecule has 2 aromatic rings. The summed E-state index contributed by atoms with van der Waals surface area (Å²) in [6.45, 7) is 2.11. The first-order valence-corrected chi connectivity index (χ1v) is 12.3. The van der Waals surface area contributed by atoms with Crippen molar-refractivity contribution in [2.75, 3.05) is 36.9 Å². The van der Waals surface area contributed by atoms with Gasteiger partial charge in [-0.25, -0.2) is 13.4 Å². The van der Waals surface area contributed by atoms with Crippen molar-refractivity contribution in [1.82, 2.24) is 14.3 Å². The van der Waals surface area contributed by atoms with Crippen molar-refractivity contribution in [3.05, 3.63) is 40.5 Å². The molecule has 3 heterocycles. The number of benzene rings is 1. The normalized spacial score (nSPS) is 20.3. The number of hydrogen-bond acceptors (Lipinski definition) is 8. The van der Waals surface area contributed by atoms with E-state index < -0.39 is 10.0 Å². The molecule has 1 atom stereocenters. The summed E-state index contributed by atoms with van der Waals surface area (Å²) in [5.74, 6) is 0.917. The molecular weight excluding hydrogens is 484 g/mol. The van der Waals surface area contributed by atoms with Gasteiger partial charge in [0.05, 0.1) is 23.7 Å². The van der Waals surface area contributed by atoms with Crippen molar-refractivity contribution in [1.29, 1.82) is 5.26 Å². The number of nitrogens with zero attached hydrogens (tertiary/aromatic N) is 4. The lowest BCUT2D eigenvalue weighted by Gasteiger charge is -2.31. The van der Waals surface area contributed by atoms with Crippen LogP contribution in [0.25, 0.3) is 0 Å². The van der Waals surface area contributed by atoms with E-state index in [-0.39, 0.29) is 12.1 Å². The maximum absolute atomic E-state index is 12.9. The third-order valence-electron chi connectivity index (χ3n) is 5.42. The molecule has 0 radical (unpaired) electrons. The average Bonchev–Trinajstić information content (AvgIpc) is 3.28. The molecule has 0 spiro atoms. The number of rotatable bonds is 6. The summed E-state index contributed by atoms with van der Waals surface area (Å²) >= 11 is 3.33. The second-order valence-corrected chi connectivity index (χ2v) is 10.4. The van der Waals surface area contributed by atoms with Crippen molar-refractivity contribution in [3.63, 3.8) is 0 Å². The maximum atomic E-state index is 12.9. The molecule has 1 aromatic carbocycles. The highest BCUT2D eigenvalue weighted by atomic mass is 79.9. The zero-order valence-corrected chi connectivity index (χ0v) is 19.2. The molecule has 9 nitrogen and oxygen atoms in total. The molecule has 2 aliphatic rings. The summed E-state index contributed by atoms with van der Waals surface area (Å²) in [6, 6.07) is 8.96. The smallest absolute Gasteiger partial charge is 0.243 e. The lowest BCUT2D eigenvalue weighted by molar-refractivity contribution is 0.195. The molecule has 0 aliphatic carbocycles. The highest BCUT2D eigenvalue weighted by Gasteiger charge is 2.29. The van der Waals surface area contributed by atoms with Crippen molar-refractivity contribution in [2.24, 2.45) is 0 Å². The van der Waals surface area contributed by atoms with Gasteiger partial charge in [0.15, 0.2) is 0 Å². The van der Waals surface area contributed by atoms with Gasteiger partial charge in [0.25, 0.3) is 0 Å². The number of hydrogen-bond donors (Lipinski definition) is 2. The number of anilines is 2. The zero-order valence-electron chi connectivity index (χ0n) is 16.8. The number of sulfonamides is 1. The summed E-state index contributed by atoms with van der Waals surface area (Å²) in [7, 11) is -3.51. The van der Waals surface area contributed by atoms with Crippen LogP contribution in [-0.2, 0) is 14.8 Å². The van der Waals surface area contributed by atoms with Gasteiger partial charge in [-0.1, -0.05) is 15.9 Å². The molecule has 1 unspecified atom stereocenters. The van der Waals surface area contributed by atoms with Gasteiger partial charge in [0.2, 0.25) is 16.0 Å². The van der Waals surface area contributed by atoms with E-state index in [0.29, 0.717) is 61.4 Å². The number of nitrogens with one attached hydrogen (secondary N) is 2. The van der Waals surface area contributed by atoms with Crippen LogP contribution < -0.4 is 10.6 Å². The van der Waals surface area contributed by atoms with Crippen LogP contribution in [0.1, 0.15) is 24.8 Å². The Morgan fingerprint density at radius 2 is 1.87 bits per heavy atom. The van der Waals surface area contributed by atoms with Gasteiger partial charge in [0.1, 0.15) is 17.5 Å². The molecule has 0 saturated carbocycles. The van der Waals surface area contributed by atoms with Crippen LogP contribution in [-0.4, -0.2) is 61.1 Å². The Bertz CT molecular complexity index is 1060. The van der Waals surface area contributed by atoms with Gasteiger partial charge in [-0.3, -0.25) is 0 Å². The van der Waals surface area contributed by atoms with E-state index in [2.05, 4.69) is 42.6 Å². The van der Waals surface area contributed by atoms with E-state index >= 15 is 0 Å². The second-order valence-electron chi connectivity index (χ2n) is 7.55. The number of aromatic nitrogens is 2. The maximum Gasteiger partial charge on any atom is 0.243 e. The standard InChI is InChI=1S/C20H23BrN6O3S/c21-15-1-3-18(4-2-15)31(28,29)27-8-5-16(6-9-27)25-20-23-12-14(11-22)19(26-20)24-17-7-10-30-13-17/h1-4,12,16-17H,5-10,13H2,(H2,23,24,25,26). The monoisotopic (exact) mass is 506 g/mol. The third-order valence-corrected chi connectivity index (χ3v) is 7.86. The molecule has 164 valence electrons. The van der Waals surface area contributed by atoms with Gasteiger partial charge >= 0.3 is 0 Å². The number of piperidine rings is 1. The van der Waals surface area contributed by atoms with Crippen LogP contribution in [0.2, 0.25) is 0 Å². The Balaban J connectivity index is 1.38. The van der Waals surface area contributed by atoms with Gasteiger partial charge in [-0.05, 0) is 43.5 Å². The fourth-order valence-electron chi connectivity index (χ4n) is 3.66. The molecule has 11 heteroatoms. The lowest BCUT2D eigenvalue weighted by atomic mass is 10.1. The molecule has 2 saturated heterocycles. The topological polar surface area (TPSA) is 120 Å².